The van der Waals surface area contributed by atoms with Gasteiger partial charge in [-0.05, 0) is 31.0 Å². The van der Waals surface area contributed by atoms with Gasteiger partial charge in [-0.25, -0.2) is 9.37 Å². The fourth-order valence-corrected chi connectivity index (χ4v) is 2.05. The van der Waals surface area contributed by atoms with Gasteiger partial charge in [0.15, 0.2) is 0 Å². The highest BCUT2D eigenvalue weighted by Gasteiger charge is 2.20. The number of benzene rings is 1. The van der Waals surface area contributed by atoms with Crippen LogP contribution in [0.4, 0.5) is 4.39 Å². The first-order valence-electron chi connectivity index (χ1n) is 6.83. The molecule has 0 radical (unpaired) electrons. The molecule has 1 N–H and O–H groups in total. The van der Waals surface area contributed by atoms with E-state index in [-0.39, 0.29) is 5.82 Å². The molecule has 0 bridgehead atoms. The van der Waals surface area contributed by atoms with Crippen LogP contribution in [0.15, 0.2) is 30.6 Å². The van der Waals surface area contributed by atoms with Gasteiger partial charge in [0, 0.05) is 37.6 Å². The van der Waals surface area contributed by atoms with E-state index in [0.29, 0.717) is 24.9 Å². The second kappa shape index (κ2) is 5.63. The van der Waals surface area contributed by atoms with Gasteiger partial charge in [0.05, 0.1) is 0 Å². The summed E-state index contributed by atoms with van der Waals surface area (Å²) in [5.41, 5.74) is 0.853. The van der Waals surface area contributed by atoms with Crippen LogP contribution >= 0.6 is 0 Å². The number of ether oxygens (including phenoxy) is 1. The molecule has 1 aromatic heterocycles. The summed E-state index contributed by atoms with van der Waals surface area (Å²) < 4.78 is 21.1. The van der Waals surface area contributed by atoms with E-state index in [1.165, 1.54) is 25.0 Å². The lowest BCUT2D eigenvalue weighted by Crippen LogP contribution is -2.16. The third-order valence-corrected chi connectivity index (χ3v) is 3.46. The summed E-state index contributed by atoms with van der Waals surface area (Å²) in [6, 6.07) is 5.22. The van der Waals surface area contributed by atoms with Gasteiger partial charge in [0.25, 0.3) is 0 Å². The number of imidazole rings is 1. The third kappa shape index (κ3) is 3.17. The summed E-state index contributed by atoms with van der Waals surface area (Å²) in [4.78, 5) is 4.21. The zero-order valence-corrected chi connectivity index (χ0v) is 11.5. The van der Waals surface area contributed by atoms with Gasteiger partial charge < -0.3 is 14.6 Å². The molecule has 0 atom stereocenters. The summed E-state index contributed by atoms with van der Waals surface area (Å²) in [5.74, 6) is 1.32. The maximum Gasteiger partial charge on any atom is 0.146 e. The van der Waals surface area contributed by atoms with Crippen LogP contribution in [-0.4, -0.2) is 15.6 Å². The van der Waals surface area contributed by atoms with Gasteiger partial charge >= 0.3 is 0 Å². The Kier molecular flexibility index (Phi) is 3.69. The van der Waals surface area contributed by atoms with Gasteiger partial charge in [0.2, 0.25) is 0 Å². The van der Waals surface area contributed by atoms with Crippen LogP contribution in [0, 0.1) is 5.82 Å². The zero-order chi connectivity index (χ0) is 13.9. The maximum atomic E-state index is 13.4. The van der Waals surface area contributed by atoms with Crippen molar-refractivity contribution >= 4 is 0 Å². The minimum atomic E-state index is -0.234. The molecule has 106 valence electrons. The number of hydrogen-bond donors (Lipinski definition) is 1. The number of nitrogens with one attached hydrogen (secondary N) is 1. The summed E-state index contributed by atoms with van der Waals surface area (Å²) >= 11 is 0. The predicted octanol–water partition coefficient (Wildman–Crippen LogP) is 2.39. The van der Waals surface area contributed by atoms with Crippen LogP contribution in [0.5, 0.6) is 5.75 Å². The number of rotatable bonds is 6. The molecule has 1 aromatic carbocycles. The van der Waals surface area contributed by atoms with Crippen molar-refractivity contribution in [1.82, 2.24) is 14.9 Å². The van der Waals surface area contributed by atoms with E-state index in [4.69, 9.17) is 4.74 Å². The number of hydrogen-bond acceptors (Lipinski definition) is 3. The number of aryl methyl sites for hydroxylation is 1. The van der Waals surface area contributed by atoms with Crippen molar-refractivity contribution in [3.05, 3.63) is 47.8 Å². The van der Waals surface area contributed by atoms with Crippen LogP contribution in [-0.2, 0) is 20.2 Å². The first kappa shape index (κ1) is 13.1. The Morgan fingerprint density at radius 1 is 1.45 bits per heavy atom. The second-order valence-electron chi connectivity index (χ2n) is 5.15. The van der Waals surface area contributed by atoms with Crippen LogP contribution in [0.1, 0.15) is 24.2 Å². The Labute approximate surface area is 117 Å². The summed E-state index contributed by atoms with van der Waals surface area (Å²) in [7, 11) is 1.92. The molecule has 0 unspecified atom stereocenters. The third-order valence-electron chi connectivity index (χ3n) is 3.46. The van der Waals surface area contributed by atoms with Crippen LogP contribution in [0.2, 0.25) is 0 Å². The maximum absolute atomic E-state index is 13.4. The van der Waals surface area contributed by atoms with Crippen molar-refractivity contribution in [2.75, 3.05) is 0 Å². The average molecular weight is 275 g/mol. The molecule has 20 heavy (non-hydrogen) atoms. The Balaban J connectivity index is 1.68. The summed E-state index contributed by atoms with van der Waals surface area (Å²) in [6.45, 7) is 1.02. The zero-order valence-electron chi connectivity index (χ0n) is 11.5. The second-order valence-corrected chi connectivity index (χ2v) is 5.15. The smallest absolute Gasteiger partial charge is 0.146 e. The predicted molar refractivity (Wildman–Crippen MR) is 73.8 cm³/mol. The van der Waals surface area contributed by atoms with E-state index in [9.17, 15) is 4.39 Å². The highest BCUT2D eigenvalue weighted by Crippen LogP contribution is 2.24. The molecular formula is C15H18FN3O. The molecule has 2 aromatic rings. The fourth-order valence-electron chi connectivity index (χ4n) is 2.05. The first-order valence-corrected chi connectivity index (χ1v) is 6.83. The van der Waals surface area contributed by atoms with E-state index in [0.717, 1.165) is 11.4 Å². The van der Waals surface area contributed by atoms with Crippen LogP contribution in [0.25, 0.3) is 0 Å². The minimum absolute atomic E-state index is 0.234. The Morgan fingerprint density at radius 2 is 2.30 bits per heavy atom. The molecular weight excluding hydrogens is 257 g/mol. The van der Waals surface area contributed by atoms with Crippen molar-refractivity contribution in [3.8, 4) is 5.75 Å². The average Bonchev–Trinajstić information content (AvgIpc) is 3.18. The van der Waals surface area contributed by atoms with Crippen molar-refractivity contribution < 1.29 is 9.13 Å². The normalized spacial score (nSPS) is 14.5. The highest BCUT2D eigenvalue weighted by atomic mass is 19.1. The SMILES string of the molecule is Cn1ccnc1COc1ccc(F)cc1CNC1CC1. The lowest BCUT2D eigenvalue weighted by Gasteiger charge is -2.12. The van der Waals surface area contributed by atoms with Gasteiger partial charge in [-0.15, -0.1) is 0 Å². The van der Waals surface area contributed by atoms with E-state index in [1.54, 1.807) is 12.3 Å². The molecule has 1 heterocycles. The van der Waals surface area contributed by atoms with Gasteiger partial charge in [0.1, 0.15) is 24.0 Å². The Hall–Kier alpha value is -1.88. The topological polar surface area (TPSA) is 39.1 Å². The van der Waals surface area contributed by atoms with Crippen molar-refractivity contribution in [1.29, 1.82) is 0 Å². The molecule has 3 rings (SSSR count). The van der Waals surface area contributed by atoms with Crippen LogP contribution < -0.4 is 10.1 Å². The van der Waals surface area contributed by atoms with E-state index in [1.807, 2.05) is 17.8 Å². The standard InChI is InChI=1S/C15H18FN3O/c1-19-7-6-17-15(19)10-20-14-5-2-12(16)8-11(14)9-18-13-3-4-13/h2,5-8,13,18H,3-4,9-10H2,1H3. The van der Waals surface area contributed by atoms with Crippen molar-refractivity contribution in [2.24, 2.45) is 7.05 Å². The molecule has 0 saturated heterocycles. The highest BCUT2D eigenvalue weighted by molar-refractivity contribution is 5.34. The Bertz CT molecular complexity index is 593. The monoisotopic (exact) mass is 275 g/mol. The van der Waals surface area contributed by atoms with E-state index >= 15 is 0 Å². The molecule has 1 saturated carbocycles. The first-order chi connectivity index (χ1) is 9.72. The van der Waals surface area contributed by atoms with E-state index < -0.39 is 0 Å². The fraction of sp³-hybridized carbons (Fsp3) is 0.400. The quantitative estimate of drug-likeness (QED) is 0.880. The van der Waals surface area contributed by atoms with E-state index in [2.05, 4.69) is 10.3 Å². The van der Waals surface area contributed by atoms with Gasteiger partial charge in [-0.1, -0.05) is 0 Å². The molecule has 0 spiro atoms. The number of nitrogens with zero attached hydrogens (tertiary/aromatic N) is 2. The lowest BCUT2D eigenvalue weighted by molar-refractivity contribution is 0.287. The lowest BCUT2D eigenvalue weighted by atomic mass is 10.2. The molecule has 1 aliphatic rings. The van der Waals surface area contributed by atoms with Crippen molar-refractivity contribution in [2.45, 2.75) is 32.0 Å². The molecule has 0 aliphatic heterocycles. The van der Waals surface area contributed by atoms with Gasteiger partial charge in [-0.2, -0.15) is 0 Å². The molecule has 1 fully saturated rings. The molecule has 1 aliphatic carbocycles. The molecule has 5 heteroatoms. The summed E-state index contributed by atoms with van der Waals surface area (Å²) in [6.07, 6.45) is 6.02. The Morgan fingerprint density at radius 3 is 3.00 bits per heavy atom. The number of halogens is 1. The molecule has 4 nitrogen and oxygen atoms in total. The van der Waals surface area contributed by atoms with Gasteiger partial charge in [-0.3, -0.25) is 0 Å². The molecule has 0 amide bonds. The largest absolute Gasteiger partial charge is 0.485 e. The minimum Gasteiger partial charge on any atom is -0.485 e. The van der Waals surface area contributed by atoms with Crippen LogP contribution in [0.3, 0.4) is 0 Å². The summed E-state index contributed by atoms with van der Waals surface area (Å²) in [5, 5.41) is 3.38. The number of aromatic nitrogens is 2. The van der Waals surface area contributed by atoms with Crippen molar-refractivity contribution in [3.63, 3.8) is 0 Å².